The predicted octanol–water partition coefficient (Wildman–Crippen LogP) is 3.60. The second-order valence-electron chi connectivity index (χ2n) is 6.06. The fourth-order valence-corrected chi connectivity index (χ4v) is 3.14. The van der Waals surface area contributed by atoms with Gasteiger partial charge in [0.1, 0.15) is 9.75 Å². The molecular weight excluding hydrogens is 351 g/mol. The van der Waals surface area contributed by atoms with E-state index in [0.717, 1.165) is 18.8 Å². The summed E-state index contributed by atoms with van der Waals surface area (Å²) < 4.78 is 3.91. The Labute approximate surface area is 152 Å². The maximum atomic E-state index is 11.9. The smallest absolute Gasteiger partial charge is 0.315 e. The number of rotatable bonds is 7. The first-order chi connectivity index (χ1) is 11.2. The Morgan fingerprint density at radius 3 is 2.21 bits per heavy atom. The van der Waals surface area contributed by atoms with E-state index in [0.29, 0.717) is 12.1 Å². The van der Waals surface area contributed by atoms with Gasteiger partial charge in [0.05, 0.1) is 0 Å². The van der Waals surface area contributed by atoms with Crippen LogP contribution in [0.2, 0.25) is 0 Å². The van der Waals surface area contributed by atoms with Crippen molar-refractivity contribution in [2.45, 2.75) is 31.5 Å². The fourth-order valence-electron chi connectivity index (χ4n) is 2.45. The number of benzene rings is 1. The topological polar surface area (TPSA) is 58.6 Å². The number of carbonyl (C=O) groups excluding carboxylic acids is 2. The van der Waals surface area contributed by atoms with E-state index in [1.165, 1.54) is 0 Å². The number of amides is 1. The highest BCUT2D eigenvalue weighted by atomic mass is 35.5. The van der Waals surface area contributed by atoms with Crippen molar-refractivity contribution in [3.8, 4) is 0 Å². The SMILES string of the molecule is CCN(CC)c1ccc(NC(=O)COC(=O)C2(C)CC2(Cl)Cl)cc1. The number of anilines is 2. The van der Waals surface area contributed by atoms with Crippen LogP contribution >= 0.6 is 23.2 Å². The van der Waals surface area contributed by atoms with Crippen LogP contribution in [0.15, 0.2) is 24.3 Å². The lowest BCUT2D eigenvalue weighted by molar-refractivity contribution is -0.152. The molecule has 1 aliphatic carbocycles. The molecule has 7 heteroatoms. The van der Waals surface area contributed by atoms with Crippen molar-refractivity contribution < 1.29 is 14.3 Å². The summed E-state index contributed by atoms with van der Waals surface area (Å²) in [5.41, 5.74) is 0.808. The van der Waals surface area contributed by atoms with Crippen molar-refractivity contribution in [1.29, 1.82) is 0 Å². The van der Waals surface area contributed by atoms with Gasteiger partial charge in [0.15, 0.2) is 6.61 Å². The van der Waals surface area contributed by atoms with Crippen LogP contribution in [0.3, 0.4) is 0 Å². The van der Waals surface area contributed by atoms with Crippen LogP contribution in [0.5, 0.6) is 0 Å². The Morgan fingerprint density at radius 1 is 1.21 bits per heavy atom. The second kappa shape index (κ2) is 7.19. The highest BCUT2D eigenvalue weighted by Crippen LogP contribution is 2.64. The summed E-state index contributed by atoms with van der Waals surface area (Å²) in [5.74, 6) is -0.961. The molecule has 0 spiro atoms. The van der Waals surface area contributed by atoms with Gasteiger partial charge in [0.25, 0.3) is 5.91 Å². The third kappa shape index (κ3) is 3.95. The van der Waals surface area contributed by atoms with Gasteiger partial charge in [0.2, 0.25) is 0 Å². The largest absolute Gasteiger partial charge is 0.455 e. The van der Waals surface area contributed by atoms with Gasteiger partial charge < -0.3 is 15.0 Å². The minimum atomic E-state index is -1.10. The zero-order valence-electron chi connectivity index (χ0n) is 14.1. The van der Waals surface area contributed by atoms with Crippen molar-refractivity contribution in [2.75, 3.05) is 29.9 Å². The first-order valence-electron chi connectivity index (χ1n) is 7.93. The first-order valence-corrected chi connectivity index (χ1v) is 8.69. The fraction of sp³-hybridized carbons (Fsp3) is 0.529. The lowest BCUT2D eigenvalue weighted by Crippen LogP contribution is -2.26. The molecule has 0 aliphatic heterocycles. The quantitative estimate of drug-likeness (QED) is 0.586. The number of alkyl halides is 2. The molecule has 1 fully saturated rings. The minimum absolute atomic E-state index is 0.330. The Morgan fingerprint density at radius 2 is 1.75 bits per heavy atom. The normalized spacial score (nSPS) is 21.0. The maximum absolute atomic E-state index is 11.9. The van der Waals surface area contributed by atoms with Crippen molar-refractivity contribution in [3.05, 3.63) is 24.3 Å². The summed E-state index contributed by atoms with van der Waals surface area (Å²) in [6.07, 6.45) is 0.330. The average Bonchev–Trinajstić information content (AvgIpc) is 3.07. The minimum Gasteiger partial charge on any atom is -0.455 e. The van der Waals surface area contributed by atoms with Crippen LogP contribution in [0.25, 0.3) is 0 Å². The van der Waals surface area contributed by atoms with E-state index in [4.69, 9.17) is 27.9 Å². The average molecular weight is 373 g/mol. The number of nitrogens with one attached hydrogen (secondary N) is 1. The highest BCUT2D eigenvalue weighted by molar-refractivity contribution is 6.53. The predicted molar refractivity (Wildman–Crippen MR) is 96.8 cm³/mol. The zero-order chi connectivity index (χ0) is 18.0. The summed E-state index contributed by atoms with van der Waals surface area (Å²) in [5, 5.41) is 2.69. The molecular formula is C17H22Cl2N2O3. The molecule has 0 heterocycles. The number of nitrogens with zero attached hydrogens (tertiary/aromatic N) is 1. The molecule has 1 atom stereocenters. The Balaban J connectivity index is 1.83. The van der Waals surface area contributed by atoms with E-state index in [2.05, 4.69) is 24.1 Å². The van der Waals surface area contributed by atoms with Crippen molar-refractivity contribution >= 4 is 46.5 Å². The van der Waals surface area contributed by atoms with E-state index < -0.39 is 21.6 Å². The highest BCUT2D eigenvalue weighted by Gasteiger charge is 2.69. The Kier molecular flexibility index (Phi) is 5.66. The molecule has 24 heavy (non-hydrogen) atoms. The molecule has 1 aromatic rings. The summed E-state index contributed by atoms with van der Waals surface area (Å²) in [6.45, 7) is 7.27. The number of hydrogen-bond acceptors (Lipinski definition) is 4. The molecule has 0 radical (unpaired) electrons. The van der Waals surface area contributed by atoms with E-state index in [-0.39, 0.29) is 6.61 Å². The summed E-state index contributed by atoms with van der Waals surface area (Å²) in [6, 6.07) is 7.51. The van der Waals surface area contributed by atoms with Crippen LogP contribution in [0.4, 0.5) is 11.4 Å². The van der Waals surface area contributed by atoms with E-state index >= 15 is 0 Å². The van der Waals surface area contributed by atoms with Crippen LogP contribution in [0, 0.1) is 5.41 Å². The van der Waals surface area contributed by atoms with Crippen LogP contribution < -0.4 is 10.2 Å². The van der Waals surface area contributed by atoms with Gasteiger partial charge in [-0.1, -0.05) is 0 Å². The van der Waals surface area contributed by atoms with Gasteiger partial charge in [-0.3, -0.25) is 9.59 Å². The van der Waals surface area contributed by atoms with Gasteiger partial charge in [-0.2, -0.15) is 0 Å². The number of hydrogen-bond donors (Lipinski definition) is 1. The van der Waals surface area contributed by atoms with Crippen molar-refractivity contribution in [3.63, 3.8) is 0 Å². The summed E-state index contributed by atoms with van der Waals surface area (Å²) in [7, 11) is 0. The molecule has 1 unspecified atom stereocenters. The molecule has 1 amide bonds. The molecule has 2 rings (SSSR count). The molecule has 132 valence electrons. The number of halogens is 2. The number of esters is 1. The monoisotopic (exact) mass is 372 g/mol. The molecule has 1 N–H and O–H groups in total. The van der Waals surface area contributed by atoms with Crippen LogP contribution in [-0.4, -0.2) is 35.9 Å². The van der Waals surface area contributed by atoms with Crippen LogP contribution in [-0.2, 0) is 14.3 Å². The van der Waals surface area contributed by atoms with Gasteiger partial charge in [-0.15, -0.1) is 23.2 Å². The Bertz CT molecular complexity index is 615. The second-order valence-corrected chi connectivity index (χ2v) is 7.54. The lowest BCUT2D eigenvalue weighted by atomic mass is 10.1. The number of ether oxygens (including phenoxy) is 1. The summed E-state index contributed by atoms with van der Waals surface area (Å²) in [4.78, 5) is 26.0. The van der Waals surface area contributed by atoms with E-state index in [1.807, 2.05) is 24.3 Å². The van der Waals surface area contributed by atoms with E-state index in [1.54, 1.807) is 6.92 Å². The van der Waals surface area contributed by atoms with Gasteiger partial charge in [0, 0.05) is 30.9 Å². The molecule has 0 aromatic heterocycles. The number of carbonyl (C=O) groups is 2. The molecule has 0 bridgehead atoms. The molecule has 1 aromatic carbocycles. The zero-order valence-corrected chi connectivity index (χ0v) is 15.6. The van der Waals surface area contributed by atoms with E-state index in [9.17, 15) is 9.59 Å². The van der Waals surface area contributed by atoms with Gasteiger partial charge in [-0.25, -0.2) is 0 Å². The summed E-state index contributed by atoms with van der Waals surface area (Å²) >= 11 is 11.8. The maximum Gasteiger partial charge on any atom is 0.315 e. The Hall–Kier alpha value is -1.46. The van der Waals surface area contributed by atoms with Gasteiger partial charge in [-0.05, 0) is 45.0 Å². The lowest BCUT2D eigenvalue weighted by Gasteiger charge is -2.21. The standard InChI is InChI=1S/C17H22Cl2N2O3/c1-4-21(5-2)13-8-6-12(7-9-13)20-14(22)10-24-15(23)16(3)11-17(16,18)19/h6-9H,4-5,10-11H2,1-3H3,(H,20,22). The third-order valence-corrected chi connectivity index (χ3v) is 5.42. The van der Waals surface area contributed by atoms with Crippen molar-refractivity contribution in [2.24, 2.45) is 5.41 Å². The molecule has 5 nitrogen and oxygen atoms in total. The molecule has 1 aliphatic rings. The van der Waals surface area contributed by atoms with Gasteiger partial charge >= 0.3 is 5.97 Å². The van der Waals surface area contributed by atoms with Crippen LogP contribution in [0.1, 0.15) is 27.2 Å². The molecule has 1 saturated carbocycles. The third-order valence-electron chi connectivity index (χ3n) is 4.32. The van der Waals surface area contributed by atoms with Crippen molar-refractivity contribution in [1.82, 2.24) is 0 Å². The molecule has 0 saturated heterocycles. The first kappa shape index (κ1) is 18.9.